The van der Waals surface area contributed by atoms with E-state index in [1.807, 2.05) is 0 Å². The smallest absolute Gasteiger partial charge is 0.272 e. The van der Waals surface area contributed by atoms with Gasteiger partial charge >= 0.3 is 0 Å². The molecule has 1 aliphatic heterocycles. The molecule has 1 aromatic heterocycles. The molecule has 1 aromatic rings. The summed E-state index contributed by atoms with van der Waals surface area (Å²) in [4.78, 5) is 11.7. The molecule has 17 heavy (non-hydrogen) atoms. The Morgan fingerprint density at radius 1 is 1.41 bits per heavy atom. The van der Waals surface area contributed by atoms with Crippen molar-refractivity contribution in [1.82, 2.24) is 15.5 Å². The average Bonchev–Trinajstić information content (AvgIpc) is 2.59. The van der Waals surface area contributed by atoms with Gasteiger partial charge in [0.1, 0.15) is 0 Å². The fraction of sp³-hybridized carbons (Fsp3) is 0.500. The number of amides is 1. The summed E-state index contributed by atoms with van der Waals surface area (Å²) in [6.07, 6.45) is 0.466. The first-order chi connectivity index (χ1) is 7.96. The van der Waals surface area contributed by atoms with E-state index in [1.54, 1.807) is 19.1 Å². The van der Waals surface area contributed by atoms with Crippen molar-refractivity contribution in [3.8, 4) is 0 Å². The molecule has 1 atom stereocenters. The predicted molar refractivity (Wildman–Crippen MR) is 61.3 cm³/mol. The maximum absolute atomic E-state index is 11.7. The van der Waals surface area contributed by atoms with Gasteiger partial charge in [-0.1, -0.05) is 0 Å². The molecule has 7 heteroatoms. The van der Waals surface area contributed by atoms with Gasteiger partial charge in [-0.05, 0) is 25.5 Å². The first kappa shape index (κ1) is 12.0. The topological polar surface area (TPSA) is 89.0 Å². The number of carbonyl (C=O) groups excluding carboxylic acids is 1. The van der Waals surface area contributed by atoms with Gasteiger partial charge in [0.15, 0.2) is 15.5 Å². The highest BCUT2D eigenvalue weighted by Crippen LogP contribution is 2.11. The van der Waals surface area contributed by atoms with Gasteiger partial charge in [0.25, 0.3) is 5.91 Å². The van der Waals surface area contributed by atoms with E-state index < -0.39 is 9.84 Å². The number of nitrogens with zero attached hydrogens (tertiary/aromatic N) is 2. The zero-order valence-corrected chi connectivity index (χ0v) is 10.2. The van der Waals surface area contributed by atoms with Crippen molar-refractivity contribution in [2.75, 3.05) is 11.5 Å². The Morgan fingerprint density at radius 3 is 2.71 bits per heavy atom. The lowest BCUT2D eigenvalue weighted by Gasteiger charge is -2.09. The fourth-order valence-corrected chi connectivity index (χ4v) is 3.36. The maximum Gasteiger partial charge on any atom is 0.272 e. The predicted octanol–water partition coefficient (Wildman–Crippen LogP) is -0.298. The molecule has 1 saturated heterocycles. The summed E-state index contributed by atoms with van der Waals surface area (Å²) in [7, 11) is -2.98. The van der Waals surface area contributed by atoms with Crippen molar-refractivity contribution < 1.29 is 13.2 Å². The maximum atomic E-state index is 11.7. The van der Waals surface area contributed by atoms with Crippen LogP contribution in [-0.4, -0.2) is 42.1 Å². The van der Waals surface area contributed by atoms with Crippen molar-refractivity contribution in [3.63, 3.8) is 0 Å². The molecule has 1 N–H and O–H groups in total. The second kappa shape index (κ2) is 4.40. The minimum atomic E-state index is -2.98. The summed E-state index contributed by atoms with van der Waals surface area (Å²) in [6, 6.07) is 2.95. The minimum absolute atomic E-state index is 0.0119. The van der Waals surface area contributed by atoms with Gasteiger partial charge in [0.2, 0.25) is 0 Å². The van der Waals surface area contributed by atoms with Crippen molar-refractivity contribution in [1.29, 1.82) is 0 Å². The highest BCUT2D eigenvalue weighted by atomic mass is 32.2. The third kappa shape index (κ3) is 3.00. The van der Waals surface area contributed by atoms with Crippen molar-refractivity contribution in [2.24, 2.45) is 0 Å². The molecule has 6 nitrogen and oxygen atoms in total. The van der Waals surface area contributed by atoms with Crippen LogP contribution >= 0.6 is 0 Å². The summed E-state index contributed by atoms with van der Waals surface area (Å²) in [5.74, 6) is -0.227. The molecule has 0 saturated carbocycles. The Bertz CT molecular complexity index is 524. The van der Waals surface area contributed by atoms with E-state index in [1.165, 1.54) is 0 Å². The van der Waals surface area contributed by atoms with Gasteiger partial charge in [-0.25, -0.2) is 8.42 Å². The third-order valence-corrected chi connectivity index (χ3v) is 4.37. The molecule has 0 aliphatic carbocycles. The zero-order valence-electron chi connectivity index (χ0n) is 9.38. The highest BCUT2D eigenvalue weighted by molar-refractivity contribution is 7.91. The van der Waals surface area contributed by atoms with Gasteiger partial charge in [-0.3, -0.25) is 4.79 Å². The van der Waals surface area contributed by atoms with Gasteiger partial charge in [-0.2, -0.15) is 5.10 Å². The normalized spacial score (nSPS) is 22.3. The van der Waals surface area contributed by atoms with Crippen LogP contribution in [0.4, 0.5) is 0 Å². The Morgan fingerprint density at radius 2 is 2.18 bits per heavy atom. The fourth-order valence-electron chi connectivity index (χ4n) is 1.69. The average molecular weight is 255 g/mol. The Balaban J connectivity index is 2.01. The minimum Gasteiger partial charge on any atom is -0.347 e. The molecule has 0 bridgehead atoms. The highest BCUT2D eigenvalue weighted by Gasteiger charge is 2.29. The van der Waals surface area contributed by atoms with Gasteiger partial charge in [0, 0.05) is 6.04 Å². The molecule has 1 fully saturated rings. The largest absolute Gasteiger partial charge is 0.347 e. The Kier molecular flexibility index (Phi) is 3.10. The van der Waals surface area contributed by atoms with Gasteiger partial charge in [-0.15, -0.1) is 5.10 Å². The molecule has 0 aromatic carbocycles. The molecule has 2 rings (SSSR count). The Hall–Kier alpha value is -1.50. The Labute approximate surface area is 99.4 Å². The summed E-state index contributed by atoms with van der Waals surface area (Å²) in [5.41, 5.74) is 0.935. The van der Waals surface area contributed by atoms with Crippen LogP contribution < -0.4 is 5.32 Å². The molecule has 2 heterocycles. The number of hydrogen-bond donors (Lipinski definition) is 1. The van der Waals surface area contributed by atoms with E-state index >= 15 is 0 Å². The van der Waals surface area contributed by atoms with E-state index in [0.717, 1.165) is 5.69 Å². The number of aryl methyl sites for hydroxylation is 1. The van der Waals surface area contributed by atoms with Crippen LogP contribution in [-0.2, 0) is 9.84 Å². The quantitative estimate of drug-likeness (QED) is 0.784. The van der Waals surface area contributed by atoms with E-state index in [9.17, 15) is 13.2 Å². The van der Waals surface area contributed by atoms with E-state index in [0.29, 0.717) is 6.42 Å². The first-order valence-electron chi connectivity index (χ1n) is 5.28. The van der Waals surface area contributed by atoms with Gasteiger partial charge in [0.05, 0.1) is 17.2 Å². The van der Waals surface area contributed by atoms with Gasteiger partial charge < -0.3 is 5.32 Å². The van der Waals surface area contributed by atoms with E-state index in [2.05, 4.69) is 15.5 Å². The number of sulfone groups is 1. The SMILES string of the molecule is Cc1ccc(C(=O)NC2CCS(=O)(=O)C2)nn1. The number of rotatable bonds is 2. The van der Waals surface area contributed by atoms with Crippen LogP contribution in [0.1, 0.15) is 22.6 Å². The lowest BCUT2D eigenvalue weighted by atomic mass is 10.2. The second-order valence-corrected chi connectivity index (χ2v) is 6.36. The van der Waals surface area contributed by atoms with E-state index in [-0.39, 0.29) is 29.1 Å². The van der Waals surface area contributed by atoms with Crippen molar-refractivity contribution in [3.05, 3.63) is 23.5 Å². The molecule has 1 amide bonds. The van der Waals surface area contributed by atoms with Crippen LogP contribution in [0.2, 0.25) is 0 Å². The second-order valence-electron chi connectivity index (χ2n) is 4.13. The summed E-state index contributed by atoms with van der Waals surface area (Å²) in [5, 5.41) is 10.2. The van der Waals surface area contributed by atoms with E-state index in [4.69, 9.17) is 0 Å². The number of hydrogen-bond acceptors (Lipinski definition) is 5. The molecule has 1 aliphatic rings. The summed E-state index contributed by atoms with van der Waals surface area (Å²) >= 11 is 0. The molecule has 92 valence electrons. The summed E-state index contributed by atoms with van der Waals surface area (Å²) < 4.78 is 22.4. The van der Waals surface area contributed by atoms with Crippen LogP contribution in [0.5, 0.6) is 0 Å². The molecule has 0 radical (unpaired) electrons. The standard InChI is InChI=1S/C10H13N3O3S/c1-7-2-3-9(13-12-7)10(14)11-8-4-5-17(15,16)6-8/h2-3,8H,4-6H2,1H3,(H,11,14). The third-order valence-electron chi connectivity index (χ3n) is 2.60. The number of nitrogens with one attached hydrogen (secondary N) is 1. The first-order valence-corrected chi connectivity index (χ1v) is 7.10. The van der Waals surface area contributed by atoms with Crippen molar-refractivity contribution in [2.45, 2.75) is 19.4 Å². The molecular weight excluding hydrogens is 242 g/mol. The summed E-state index contributed by atoms with van der Waals surface area (Å²) in [6.45, 7) is 1.78. The van der Waals surface area contributed by atoms with Crippen LogP contribution in [0, 0.1) is 6.92 Å². The monoisotopic (exact) mass is 255 g/mol. The molecule has 1 unspecified atom stereocenters. The molecular formula is C10H13N3O3S. The van der Waals surface area contributed by atoms with Crippen molar-refractivity contribution >= 4 is 15.7 Å². The van der Waals surface area contributed by atoms with Crippen LogP contribution in [0.3, 0.4) is 0 Å². The number of carbonyl (C=O) groups is 1. The van der Waals surface area contributed by atoms with Crippen LogP contribution in [0.15, 0.2) is 12.1 Å². The lowest BCUT2D eigenvalue weighted by molar-refractivity contribution is 0.0935. The number of aromatic nitrogens is 2. The van der Waals surface area contributed by atoms with Crippen LogP contribution in [0.25, 0.3) is 0 Å². The lowest BCUT2D eigenvalue weighted by Crippen LogP contribution is -2.36. The zero-order chi connectivity index (χ0) is 12.5. The molecule has 0 spiro atoms.